The first-order valence-corrected chi connectivity index (χ1v) is 8.31. The van der Waals surface area contributed by atoms with Crippen LogP contribution >= 0.6 is 0 Å². The molecule has 24 heavy (non-hydrogen) atoms. The molecule has 1 fully saturated rings. The highest BCUT2D eigenvalue weighted by Crippen LogP contribution is 2.37. The number of aliphatic imine (C=N–C) groups is 1. The Labute approximate surface area is 144 Å². The zero-order valence-electron chi connectivity index (χ0n) is 15.6. The summed E-state index contributed by atoms with van der Waals surface area (Å²) in [6.07, 6.45) is 0. The third kappa shape index (κ3) is 2.93. The predicted molar refractivity (Wildman–Crippen MR) is 95.3 cm³/mol. The fourth-order valence-electron chi connectivity index (χ4n) is 2.74. The molecule has 0 atom stereocenters. The largest absolute Gasteiger partial charge is 0.498 e. The van der Waals surface area contributed by atoms with Crippen LogP contribution in [0.3, 0.4) is 0 Å². The van der Waals surface area contributed by atoms with Gasteiger partial charge < -0.3 is 18.8 Å². The van der Waals surface area contributed by atoms with E-state index < -0.39 is 7.12 Å². The first-order valence-electron chi connectivity index (χ1n) is 8.31. The molecule has 1 aromatic carbocycles. The molecule has 1 aromatic rings. The normalized spacial score (nSPS) is 23.8. The molecule has 0 aliphatic carbocycles. The van der Waals surface area contributed by atoms with Gasteiger partial charge in [0.1, 0.15) is 12.4 Å². The van der Waals surface area contributed by atoms with Gasteiger partial charge in [-0.15, -0.1) is 0 Å². The smallest absolute Gasteiger partial charge is 0.497 e. The summed E-state index contributed by atoms with van der Waals surface area (Å²) in [5.41, 5.74) is 0.816. The molecule has 1 saturated heterocycles. The summed E-state index contributed by atoms with van der Waals surface area (Å²) >= 11 is 0. The Morgan fingerprint density at radius 1 is 1.04 bits per heavy atom. The van der Waals surface area contributed by atoms with Crippen molar-refractivity contribution in [1.29, 1.82) is 0 Å². The fraction of sp³-hybridized carbons (Fsp3) is 0.611. The lowest BCUT2D eigenvalue weighted by atomic mass is 9.78. The first kappa shape index (κ1) is 17.3. The molecule has 3 rings (SSSR count). The zero-order chi connectivity index (χ0) is 17.8. The number of ether oxygens (including phenoxy) is 2. The zero-order valence-corrected chi connectivity index (χ0v) is 15.6. The van der Waals surface area contributed by atoms with Gasteiger partial charge in [-0.25, -0.2) is 4.99 Å². The molecule has 130 valence electrons. The predicted octanol–water partition coefficient (Wildman–Crippen LogP) is 2.55. The van der Waals surface area contributed by atoms with Gasteiger partial charge in [-0.2, -0.15) is 0 Å². The van der Waals surface area contributed by atoms with Gasteiger partial charge in [-0.05, 0) is 53.7 Å². The van der Waals surface area contributed by atoms with Gasteiger partial charge in [0, 0.05) is 11.0 Å². The van der Waals surface area contributed by atoms with Crippen LogP contribution in [0.5, 0.6) is 5.75 Å². The molecule has 2 aliphatic rings. The molecule has 0 saturated carbocycles. The van der Waals surface area contributed by atoms with E-state index in [0.29, 0.717) is 18.3 Å². The summed E-state index contributed by atoms with van der Waals surface area (Å²) in [5, 5.41) is 0. The SMILES string of the molecule is COc1cc(C2=NC(C)(C)CO2)ccc1B1OC(C)(C)C(C)(C)O1. The van der Waals surface area contributed by atoms with E-state index in [-0.39, 0.29) is 16.7 Å². The summed E-state index contributed by atoms with van der Waals surface area (Å²) in [6, 6.07) is 5.87. The minimum absolute atomic E-state index is 0.188. The first-order chi connectivity index (χ1) is 11.0. The molecule has 0 bridgehead atoms. The number of hydrogen-bond acceptors (Lipinski definition) is 5. The number of nitrogens with zero attached hydrogens (tertiary/aromatic N) is 1. The summed E-state index contributed by atoms with van der Waals surface area (Å²) in [7, 11) is 1.19. The standard InChI is InChI=1S/C18H26BNO4/c1-16(2)11-22-15(20-16)12-8-9-13(14(10-12)21-7)19-23-17(3,4)18(5,6)24-19/h8-10H,11H2,1-7H3. The van der Waals surface area contributed by atoms with Crippen molar-refractivity contribution in [3.8, 4) is 5.75 Å². The van der Waals surface area contributed by atoms with Crippen molar-refractivity contribution in [2.75, 3.05) is 13.7 Å². The molecule has 0 spiro atoms. The van der Waals surface area contributed by atoms with E-state index in [9.17, 15) is 0 Å². The van der Waals surface area contributed by atoms with E-state index in [1.165, 1.54) is 0 Å². The van der Waals surface area contributed by atoms with E-state index >= 15 is 0 Å². The van der Waals surface area contributed by atoms with Gasteiger partial charge in [0.2, 0.25) is 5.90 Å². The second-order valence-electron chi connectivity index (χ2n) is 8.06. The molecule has 0 radical (unpaired) electrons. The van der Waals surface area contributed by atoms with E-state index in [1.54, 1.807) is 7.11 Å². The van der Waals surface area contributed by atoms with Crippen molar-refractivity contribution < 1.29 is 18.8 Å². The quantitative estimate of drug-likeness (QED) is 0.799. The molecular formula is C18H26BNO4. The molecule has 0 amide bonds. The highest BCUT2D eigenvalue weighted by Gasteiger charge is 2.52. The van der Waals surface area contributed by atoms with Crippen LogP contribution in [-0.4, -0.2) is 43.5 Å². The second-order valence-corrected chi connectivity index (χ2v) is 8.06. The van der Waals surface area contributed by atoms with Crippen LogP contribution in [0.4, 0.5) is 0 Å². The monoisotopic (exact) mass is 331 g/mol. The van der Waals surface area contributed by atoms with Crippen LogP contribution < -0.4 is 10.2 Å². The van der Waals surface area contributed by atoms with Gasteiger partial charge in [0.15, 0.2) is 0 Å². The van der Waals surface area contributed by atoms with Gasteiger partial charge in [0.25, 0.3) is 0 Å². The number of rotatable bonds is 3. The van der Waals surface area contributed by atoms with Gasteiger partial charge >= 0.3 is 7.12 Å². The molecular weight excluding hydrogens is 305 g/mol. The van der Waals surface area contributed by atoms with E-state index in [1.807, 2.05) is 45.9 Å². The minimum atomic E-state index is -0.457. The summed E-state index contributed by atoms with van der Waals surface area (Å²) in [6.45, 7) is 12.8. The molecule has 6 heteroatoms. The third-order valence-electron chi connectivity index (χ3n) is 4.95. The summed E-state index contributed by atoms with van der Waals surface area (Å²) in [5.74, 6) is 1.36. The van der Waals surface area contributed by atoms with Gasteiger partial charge in [-0.1, -0.05) is 6.07 Å². The van der Waals surface area contributed by atoms with E-state index in [2.05, 4.69) is 18.8 Å². The van der Waals surface area contributed by atoms with Crippen molar-refractivity contribution in [2.45, 2.75) is 58.3 Å². The minimum Gasteiger partial charge on any atom is -0.497 e. The molecule has 2 heterocycles. The van der Waals surface area contributed by atoms with Gasteiger partial charge in [0.05, 0.1) is 23.9 Å². The Balaban J connectivity index is 1.92. The van der Waals surface area contributed by atoms with Crippen molar-refractivity contribution in [3.63, 3.8) is 0 Å². The maximum atomic E-state index is 6.13. The Kier molecular flexibility index (Phi) is 3.96. The highest BCUT2D eigenvalue weighted by molar-refractivity contribution is 6.63. The Bertz CT molecular complexity index is 666. The number of hydrogen-bond donors (Lipinski definition) is 0. The van der Waals surface area contributed by atoms with E-state index in [0.717, 1.165) is 11.0 Å². The Morgan fingerprint density at radius 2 is 1.67 bits per heavy atom. The van der Waals surface area contributed by atoms with Crippen LogP contribution in [0.15, 0.2) is 23.2 Å². The number of methoxy groups -OCH3 is 1. The third-order valence-corrected chi connectivity index (χ3v) is 4.95. The molecule has 0 N–H and O–H groups in total. The summed E-state index contributed by atoms with van der Waals surface area (Å²) < 4.78 is 23.5. The van der Waals surface area contributed by atoms with Crippen LogP contribution in [0.2, 0.25) is 0 Å². The van der Waals surface area contributed by atoms with Crippen LogP contribution in [0, 0.1) is 0 Å². The molecule has 2 aliphatic heterocycles. The lowest BCUT2D eigenvalue weighted by Crippen LogP contribution is -2.41. The second kappa shape index (κ2) is 5.50. The Hall–Kier alpha value is -1.53. The maximum absolute atomic E-state index is 6.13. The van der Waals surface area contributed by atoms with Crippen LogP contribution in [0.1, 0.15) is 47.1 Å². The molecule has 0 unspecified atom stereocenters. The topological polar surface area (TPSA) is 49.3 Å². The number of benzene rings is 1. The highest BCUT2D eigenvalue weighted by atomic mass is 16.7. The summed E-state index contributed by atoms with van der Waals surface area (Å²) in [4.78, 5) is 4.62. The van der Waals surface area contributed by atoms with Gasteiger partial charge in [-0.3, -0.25) is 0 Å². The van der Waals surface area contributed by atoms with Crippen LogP contribution in [-0.2, 0) is 14.0 Å². The van der Waals surface area contributed by atoms with Crippen molar-refractivity contribution in [1.82, 2.24) is 0 Å². The van der Waals surface area contributed by atoms with Crippen molar-refractivity contribution in [2.24, 2.45) is 4.99 Å². The average Bonchev–Trinajstić information content (AvgIpc) is 2.94. The fourth-order valence-corrected chi connectivity index (χ4v) is 2.74. The van der Waals surface area contributed by atoms with Crippen molar-refractivity contribution in [3.05, 3.63) is 23.8 Å². The van der Waals surface area contributed by atoms with Crippen LogP contribution in [0.25, 0.3) is 0 Å². The molecule has 0 aromatic heterocycles. The average molecular weight is 331 g/mol. The van der Waals surface area contributed by atoms with E-state index in [4.69, 9.17) is 18.8 Å². The molecule has 5 nitrogen and oxygen atoms in total. The lowest BCUT2D eigenvalue weighted by molar-refractivity contribution is 0.00578. The Morgan fingerprint density at radius 3 is 2.17 bits per heavy atom. The van der Waals surface area contributed by atoms with Crippen molar-refractivity contribution >= 4 is 18.5 Å². The lowest BCUT2D eigenvalue weighted by Gasteiger charge is -2.32. The maximum Gasteiger partial charge on any atom is 0.498 e.